The number of likely N-dealkylation sites (tertiary alicyclic amines) is 1. The average molecular weight is 456 g/mol. The van der Waals surface area contributed by atoms with Crippen molar-refractivity contribution in [2.75, 3.05) is 18.8 Å². The monoisotopic (exact) mass is 455 g/mol. The molecule has 1 saturated carbocycles. The summed E-state index contributed by atoms with van der Waals surface area (Å²) < 4.78 is 2.18. The zero-order chi connectivity index (χ0) is 21.1. The Bertz CT molecular complexity index is 1160. The molecule has 1 saturated heterocycles. The summed E-state index contributed by atoms with van der Waals surface area (Å²) in [5.41, 5.74) is 2.40. The zero-order valence-corrected chi connectivity index (χ0v) is 19.9. The van der Waals surface area contributed by atoms with Crippen molar-refractivity contribution in [3.8, 4) is 0 Å². The van der Waals surface area contributed by atoms with E-state index in [1.807, 2.05) is 16.2 Å². The van der Waals surface area contributed by atoms with Crippen molar-refractivity contribution >= 4 is 44.9 Å². The summed E-state index contributed by atoms with van der Waals surface area (Å²) >= 11 is 3.39. The van der Waals surface area contributed by atoms with Crippen molar-refractivity contribution in [2.45, 2.75) is 69.9 Å². The molecule has 3 aromatic rings. The number of fused-ring (bicyclic) bond motifs is 5. The van der Waals surface area contributed by atoms with Crippen molar-refractivity contribution in [1.82, 2.24) is 24.5 Å². The van der Waals surface area contributed by atoms with Gasteiger partial charge in [0.2, 0.25) is 5.91 Å². The second-order valence-corrected chi connectivity index (χ2v) is 11.8. The lowest BCUT2D eigenvalue weighted by molar-refractivity contribution is -0.129. The highest BCUT2D eigenvalue weighted by Crippen LogP contribution is 2.44. The molecule has 1 amide bonds. The maximum Gasteiger partial charge on any atom is 0.233 e. The van der Waals surface area contributed by atoms with Crippen molar-refractivity contribution in [1.29, 1.82) is 0 Å². The van der Waals surface area contributed by atoms with Gasteiger partial charge >= 0.3 is 0 Å². The predicted octanol–water partition coefficient (Wildman–Crippen LogP) is 4.69. The Morgan fingerprint density at radius 3 is 2.68 bits per heavy atom. The van der Waals surface area contributed by atoms with E-state index < -0.39 is 0 Å². The van der Waals surface area contributed by atoms with Gasteiger partial charge in [-0.05, 0) is 62.3 Å². The van der Waals surface area contributed by atoms with E-state index >= 15 is 0 Å². The normalized spacial score (nSPS) is 22.4. The van der Waals surface area contributed by atoms with Gasteiger partial charge in [0, 0.05) is 23.9 Å². The average Bonchev–Trinajstić information content (AvgIpc) is 3.42. The molecule has 0 aromatic carbocycles. The first-order valence-electron chi connectivity index (χ1n) is 11.7. The summed E-state index contributed by atoms with van der Waals surface area (Å²) in [5, 5.41) is 11.3. The van der Waals surface area contributed by atoms with Crippen LogP contribution in [0.3, 0.4) is 0 Å². The smallest absolute Gasteiger partial charge is 0.233 e. The zero-order valence-electron chi connectivity index (χ0n) is 18.3. The summed E-state index contributed by atoms with van der Waals surface area (Å²) in [7, 11) is 0. The van der Waals surface area contributed by atoms with Crippen molar-refractivity contribution < 1.29 is 4.79 Å². The third kappa shape index (κ3) is 3.55. The first kappa shape index (κ1) is 20.0. The summed E-state index contributed by atoms with van der Waals surface area (Å²) in [6.45, 7) is 6.39. The third-order valence-electron chi connectivity index (χ3n) is 7.20. The molecule has 1 atom stereocenters. The van der Waals surface area contributed by atoms with Gasteiger partial charge < -0.3 is 4.90 Å². The van der Waals surface area contributed by atoms with E-state index in [4.69, 9.17) is 4.98 Å². The molecule has 0 N–H and O–H groups in total. The fourth-order valence-corrected chi connectivity index (χ4v) is 7.25. The van der Waals surface area contributed by atoms with Gasteiger partial charge in [-0.2, -0.15) is 0 Å². The number of thioether (sulfide) groups is 1. The minimum Gasteiger partial charge on any atom is -0.342 e. The highest BCUT2D eigenvalue weighted by atomic mass is 32.2. The Labute approximate surface area is 190 Å². The number of rotatable bonds is 4. The van der Waals surface area contributed by atoms with Gasteiger partial charge in [-0.15, -0.1) is 21.5 Å². The van der Waals surface area contributed by atoms with Gasteiger partial charge in [0.25, 0.3) is 0 Å². The number of carbonyl (C=O) groups excluding carboxylic acids is 1. The summed E-state index contributed by atoms with van der Waals surface area (Å²) in [6.07, 6.45) is 8.08. The minimum atomic E-state index is 0.220. The van der Waals surface area contributed by atoms with E-state index in [0.717, 1.165) is 72.1 Å². The largest absolute Gasteiger partial charge is 0.342 e. The Morgan fingerprint density at radius 1 is 1.10 bits per heavy atom. The molecule has 6 nitrogen and oxygen atoms in total. The molecule has 2 fully saturated rings. The molecule has 0 unspecified atom stereocenters. The number of nitrogens with zero attached hydrogens (tertiary/aromatic N) is 5. The van der Waals surface area contributed by atoms with Crippen LogP contribution in [0.2, 0.25) is 0 Å². The second-order valence-electron chi connectivity index (χ2n) is 9.77. The summed E-state index contributed by atoms with van der Waals surface area (Å²) in [4.78, 5) is 22.6. The molecule has 164 valence electrons. The first-order valence-corrected chi connectivity index (χ1v) is 13.5. The molecule has 3 aliphatic rings. The van der Waals surface area contributed by atoms with Crippen LogP contribution in [0.4, 0.5) is 0 Å². The minimum absolute atomic E-state index is 0.220. The maximum atomic E-state index is 12.8. The fraction of sp³-hybridized carbons (Fsp3) is 0.652. The van der Waals surface area contributed by atoms with Crippen LogP contribution < -0.4 is 0 Å². The quantitative estimate of drug-likeness (QED) is 0.534. The first-order chi connectivity index (χ1) is 15.1. The number of thiophene rings is 1. The van der Waals surface area contributed by atoms with Crippen LogP contribution in [0.5, 0.6) is 0 Å². The Morgan fingerprint density at radius 2 is 1.90 bits per heavy atom. The Hall–Kier alpha value is -1.67. The van der Waals surface area contributed by atoms with Gasteiger partial charge in [0.05, 0.1) is 11.1 Å². The molecule has 0 bridgehead atoms. The number of carbonyl (C=O) groups is 1. The third-order valence-corrected chi connectivity index (χ3v) is 9.26. The van der Waals surface area contributed by atoms with Crippen molar-refractivity contribution in [2.24, 2.45) is 11.8 Å². The Balaban J connectivity index is 1.35. The molecule has 3 aromatic heterocycles. The SMILES string of the molecule is CC1CCN(C(=O)CSc2nnc3c4c5c(sc4nc(C4CC4)n23)C[C@H](C)CC5)CC1. The van der Waals surface area contributed by atoms with Gasteiger partial charge in [0.1, 0.15) is 10.7 Å². The Kier molecular flexibility index (Phi) is 4.98. The summed E-state index contributed by atoms with van der Waals surface area (Å²) in [6, 6.07) is 0. The van der Waals surface area contributed by atoms with Gasteiger partial charge in [0.15, 0.2) is 10.8 Å². The molecule has 1 aliphatic heterocycles. The van der Waals surface area contributed by atoms with Crippen LogP contribution in [0.25, 0.3) is 15.9 Å². The standard InChI is InChI=1S/C23H29N5OS2/c1-13-7-9-27(10-8-13)18(29)12-30-23-26-25-21-19-16-6-3-14(2)11-17(16)31-22(19)24-20(28(21)23)15-4-5-15/h13-15H,3-12H2,1-2H3/t14-/m1/s1. The number of hydrogen-bond acceptors (Lipinski definition) is 6. The van der Waals surface area contributed by atoms with Gasteiger partial charge in [-0.25, -0.2) is 4.98 Å². The predicted molar refractivity (Wildman–Crippen MR) is 125 cm³/mol. The van der Waals surface area contributed by atoms with E-state index in [1.54, 1.807) is 0 Å². The van der Waals surface area contributed by atoms with E-state index in [1.165, 1.54) is 46.9 Å². The number of amides is 1. The molecule has 31 heavy (non-hydrogen) atoms. The van der Waals surface area contributed by atoms with Gasteiger partial charge in [-0.3, -0.25) is 9.20 Å². The van der Waals surface area contributed by atoms with E-state index in [9.17, 15) is 4.79 Å². The van der Waals surface area contributed by atoms with Crippen LogP contribution in [0.15, 0.2) is 5.16 Å². The number of hydrogen-bond donors (Lipinski definition) is 0. The topological polar surface area (TPSA) is 63.4 Å². The lowest BCUT2D eigenvalue weighted by atomic mass is 9.89. The molecular weight excluding hydrogens is 426 g/mol. The molecule has 0 radical (unpaired) electrons. The van der Waals surface area contributed by atoms with Crippen molar-refractivity contribution in [3.05, 3.63) is 16.3 Å². The van der Waals surface area contributed by atoms with E-state index in [0.29, 0.717) is 11.7 Å². The lowest BCUT2D eigenvalue weighted by Crippen LogP contribution is -2.38. The highest BCUT2D eigenvalue weighted by molar-refractivity contribution is 7.99. The van der Waals surface area contributed by atoms with Gasteiger partial charge in [-0.1, -0.05) is 25.6 Å². The van der Waals surface area contributed by atoms with E-state index in [-0.39, 0.29) is 5.91 Å². The molecule has 6 rings (SSSR count). The molecular formula is C23H29N5OS2. The number of piperidine rings is 1. The lowest BCUT2D eigenvalue weighted by Gasteiger charge is -2.30. The van der Waals surface area contributed by atoms with Crippen LogP contribution in [0.1, 0.15) is 68.1 Å². The fourth-order valence-electron chi connectivity index (χ4n) is 5.02. The molecule has 2 aliphatic carbocycles. The molecule has 8 heteroatoms. The van der Waals surface area contributed by atoms with Crippen LogP contribution in [-0.2, 0) is 17.6 Å². The van der Waals surface area contributed by atoms with Crippen LogP contribution in [0, 0.1) is 11.8 Å². The highest BCUT2D eigenvalue weighted by Gasteiger charge is 2.32. The van der Waals surface area contributed by atoms with E-state index in [2.05, 4.69) is 28.4 Å². The van der Waals surface area contributed by atoms with Crippen LogP contribution in [-0.4, -0.2) is 49.2 Å². The second kappa shape index (κ2) is 7.73. The molecule has 4 heterocycles. The maximum absolute atomic E-state index is 12.8. The van der Waals surface area contributed by atoms with Crippen molar-refractivity contribution in [3.63, 3.8) is 0 Å². The van der Waals surface area contributed by atoms with Crippen LogP contribution >= 0.6 is 23.1 Å². The molecule has 0 spiro atoms. The number of aryl methyl sites for hydroxylation is 1. The summed E-state index contributed by atoms with van der Waals surface area (Å²) in [5.74, 6) is 3.72. The number of aromatic nitrogens is 4.